The van der Waals surface area contributed by atoms with E-state index in [2.05, 4.69) is 46.8 Å². The van der Waals surface area contributed by atoms with Crippen molar-refractivity contribution in [3.8, 4) is 0 Å². The van der Waals surface area contributed by atoms with Gasteiger partial charge in [-0.1, -0.05) is 47.6 Å². The molecule has 0 spiro atoms. The molecule has 0 aromatic heterocycles. The molecule has 1 unspecified atom stereocenters. The van der Waals surface area contributed by atoms with E-state index >= 15 is 0 Å². The Morgan fingerprint density at radius 1 is 1.30 bits per heavy atom. The monoisotopic (exact) mass is 280 g/mol. The van der Waals surface area contributed by atoms with Gasteiger partial charge in [0.2, 0.25) is 0 Å². The lowest BCUT2D eigenvalue weighted by atomic mass is 9.83. The van der Waals surface area contributed by atoms with Crippen LogP contribution in [-0.2, 0) is 0 Å². The lowest BCUT2D eigenvalue weighted by Crippen LogP contribution is -2.18. The fourth-order valence-electron chi connectivity index (χ4n) is 2.64. The molecule has 1 aliphatic heterocycles. The zero-order valence-corrected chi connectivity index (χ0v) is 14.7. The first-order chi connectivity index (χ1) is 9.19. The van der Waals surface area contributed by atoms with E-state index in [1.807, 2.05) is 25.5 Å². The third-order valence-corrected chi connectivity index (χ3v) is 3.34. The third kappa shape index (κ3) is 6.93. The number of hydrogen-bond acceptors (Lipinski definition) is 0. The third-order valence-electron chi connectivity index (χ3n) is 3.34. The zero-order chi connectivity index (χ0) is 15.9. The lowest BCUT2D eigenvalue weighted by Gasteiger charge is -2.22. The van der Waals surface area contributed by atoms with Crippen LogP contribution in [0.15, 0.2) is 23.4 Å². The first-order valence-corrected chi connectivity index (χ1v) is 7.85. The van der Waals surface area contributed by atoms with Crippen molar-refractivity contribution in [1.29, 1.82) is 0 Å². The predicted molar refractivity (Wildman–Crippen MR) is 89.5 cm³/mol. The van der Waals surface area contributed by atoms with Crippen LogP contribution in [0.4, 0.5) is 0 Å². The average Bonchev–Trinajstić information content (AvgIpc) is 2.44. The Morgan fingerprint density at radius 2 is 1.85 bits per heavy atom. The molecule has 1 heterocycles. The standard InChI is InChI=1S/C16H27NO.C2H6/c1-12-7-8-15(18)17(6)14(9-12)10-13(2)11-16(3,4)5;1-2/h7,9,13H,8,10-11H2,1-6H3;1-2H3/p+1. The second-order valence-electron chi connectivity index (χ2n) is 6.84. The number of rotatable bonds is 3. The van der Waals surface area contributed by atoms with E-state index < -0.39 is 0 Å². The minimum Gasteiger partial charge on any atom is -0.463 e. The van der Waals surface area contributed by atoms with Crippen LogP contribution in [0.1, 0.15) is 67.7 Å². The quantitative estimate of drug-likeness (QED) is 0.696. The highest BCUT2D eigenvalue weighted by Crippen LogP contribution is 2.28. The number of aliphatic hydroxyl groups excluding tert-OH is 1. The van der Waals surface area contributed by atoms with Gasteiger partial charge in [0.05, 0.1) is 6.42 Å². The van der Waals surface area contributed by atoms with Crippen molar-refractivity contribution in [2.75, 3.05) is 7.05 Å². The Morgan fingerprint density at radius 3 is 2.35 bits per heavy atom. The Hall–Kier alpha value is -1.05. The van der Waals surface area contributed by atoms with Crippen molar-refractivity contribution < 1.29 is 9.68 Å². The minimum absolute atomic E-state index is 0.361. The van der Waals surface area contributed by atoms with E-state index in [-0.39, 0.29) is 0 Å². The summed E-state index contributed by atoms with van der Waals surface area (Å²) in [6.45, 7) is 15.2. The molecule has 0 saturated heterocycles. The first-order valence-electron chi connectivity index (χ1n) is 7.85. The smallest absolute Gasteiger partial charge is 0.343 e. The van der Waals surface area contributed by atoms with E-state index in [1.165, 1.54) is 17.7 Å². The second-order valence-corrected chi connectivity index (χ2v) is 6.84. The highest BCUT2D eigenvalue weighted by atomic mass is 16.3. The van der Waals surface area contributed by atoms with Gasteiger partial charge in [0.1, 0.15) is 7.05 Å². The molecule has 0 aromatic rings. The summed E-state index contributed by atoms with van der Waals surface area (Å²) in [5.74, 6) is 1.07. The number of aliphatic hydroxyl groups is 1. The molecule has 20 heavy (non-hydrogen) atoms. The van der Waals surface area contributed by atoms with Gasteiger partial charge in [-0.15, -0.1) is 0 Å². The molecule has 1 atom stereocenters. The van der Waals surface area contributed by atoms with Crippen LogP contribution in [0.25, 0.3) is 0 Å². The number of nitrogens with zero attached hydrogens (tertiary/aromatic N) is 1. The van der Waals surface area contributed by atoms with Crippen LogP contribution in [0.2, 0.25) is 0 Å². The van der Waals surface area contributed by atoms with Gasteiger partial charge < -0.3 is 5.11 Å². The number of hydrogen-bond donors (Lipinski definition) is 1. The largest absolute Gasteiger partial charge is 0.463 e. The van der Waals surface area contributed by atoms with E-state index in [0.29, 0.717) is 23.7 Å². The second kappa shape index (κ2) is 8.28. The molecular weight excluding hydrogens is 246 g/mol. The molecule has 0 amide bonds. The van der Waals surface area contributed by atoms with Crippen LogP contribution in [0, 0.1) is 11.3 Å². The molecule has 2 nitrogen and oxygen atoms in total. The van der Waals surface area contributed by atoms with Gasteiger partial charge in [-0.2, -0.15) is 4.58 Å². The topological polar surface area (TPSA) is 23.2 Å². The van der Waals surface area contributed by atoms with Crippen molar-refractivity contribution in [3.63, 3.8) is 0 Å². The Labute approximate surface area is 125 Å². The molecule has 0 aliphatic carbocycles. The number of allylic oxidation sites excluding steroid dienone is 3. The van der Waals surface area contributed by atoms with Crippen LogP contribution in [-0.4, -0.2) is 22.6 Å². The molecule has 0 radical (unpaired) electrons. The highest BCUT2D eigenvalue weighted by Gasteiger charge is 2.22. The van der Waals surface area contributed by atoms with Crippen molar-refractivity contribution in [2.24, 2.45) is 11.3 Å². The van der Waals surface area contributed by atoms with Crippen LogP contribution in [0.5, 0.6) is 0 Å². The molecule has 0 fully saturated rings. The molecule has 1 aliphatic rings. The van der Waals surface area contributed by atoms with Gasteiger partial charge in [0.15, 0.2) is 5.70 Å². The summed E-state index contributed by atoms with van der Waals surface area (Å²) in [4.78, 5) is 0. The maximum atomic E-state index is 9.95. The molecule has 0 aromatic carbocycles. The van der Waals surface area contributed by atoms with Crippen LogP contribution >= 0.6 is 0 Å². The molecular formula is C18H34NO+. The molecule has 0 saturated carbocycles. The Bertz CT molecular complexity index is 394. The summed E-state index contributed by atoms with van der Waals surface area (Å²) in [7, 11) is 1.96. The van der Waals surface area contributed by atoms with Gasteiger partial charge in [-0.25, -0.2) is 0 Å². The van der Waals surface area contributed by atoms with Crippen molar-refractivity contribution in [1.82, 2.24) is 0 Å². The van der Waals surface area contributed by atoms with Crippen molar-refractivity contribution in [3.05, 3.63) is 23.4 Å². The van der Waals surface area contributed by atoms with Crippen molar-refractivity contribution in [2.45, 2.75) is 67.7 Å². The van der Waals surface area contributed by atoms with E-state index in [0.717, 1.165) is 6.42 Å². The average molecular weight is 280 g/mol. The predicted octanol–water partition coefficient (Wildman–Crippen LogP) is 5.31. The Balaban J connectivity index is 0.00000172. The Kier molecular flexibility index (Phi) is 7.85. The molecule has 0 bridgehead atoms. The fraction of sp³-hybridized carbons (Fsp3) is 0.722. The van der Waals surface area contributed by atoms with Gasteiger partial charge >= 0.3 is 5.90 Å². The van der Waals surface area contributed by atoms with Gasteiger partial charge in [0, 0.05) is 12.5 Å². The normalized spacial score (nSPS) is 17.6. The van der Waals surface area contributed by atoms with Gasteiger partial charge in [-0.05, 0) is 30.3 Å². The summed E-state index contributed by atoms with van der Waals surface area (Å²) in [6.07, 6.45) is 7.12. The van der Waals surface area contributed by atoms with Crippen molar-refractivity contribution >= 4 is 5.90 Å². The molecule has 1 rings (SSSR count). The summed E-state index contributed by atoms with van der Waals surface area (Å²) in [6, 6.07) is 0. The summed E-state index contributed by atoms with van der Waals surface area (Å²) >= 11 is 0. The fourth-order valence-corrected chi connectivity index (χ4v) is 2.64. The van der Waals surface area contributed by atoms with Gasteiger partial charge in [-0.3, -0.25) is 0 Å². The summed E-state index contributed by atoms with van der Waals surface area (Å²) in [5.41, 5.74) is 2.82. The van der Waals surface area contributed by atoms with E-state index in [4.69, 9.17) is 0 Å². The molecule has 1 N–H and O–H groups in total. The summed E-state index contributed by atoms with van der Waals surface area (Å²) in [5, 5.41) is 9.95. The minimum atomic E-state index is 0.361. The lowest BCUT2D eigenvalue weighted by molar-refractivity contribution is -0.457. The van der Waals surface area contributed by atoms with E-state index in [9.17, 15) is 5.11 Å². The van der Waals surface area contributed by atoms with Crippen LogP contribution < -0.4 is 0 Å². The molecule has 116 valence electrons. The SMILES string of the molecule is CC.CC1=CCC(O)=[N+](C)C(CC(C)CC(C)(C)C)=C1. The van der Waals surface area contributed by atoms with E-state index in [1.54, 1.807) is 0 Å². The highest BCUT2D eigenvalue weighted by molar-refractivity contribution is 5.71. The molecule has 2 heteroatoms. The summed E-state index contributed by atoms with van der Waals surface area (Å²) < 4.78 is 1.94. The van der Waals surface area contributed by atoms with Crippen LogP contribution in [0.3, 0.4) is 0 Å². The zero-order valence-electron chi connectivity index (χ0n) is 14.7. The first kappa shape index (κ1) is 18.9. The maximum absolute atomic E-state index is 9.95. The maximum Gasteiger partial charge on any atom is 0.343 e. The van der Waals surface area contributed by atoms with Gasteiger partial charge in [0.25, 0.3) is 0 Å².